The van der Waals surface area contributed by atoms with Gasteiger partial charge in [0.05, 0.1) is 24.3 Å². The maximum absolute atomic E-state index is 10.6. The topological polar surface area (TPSA) is 68.6 Å². The number of rotatable bonds is 2. The van der Waals surface area contributed by atoms with E-state index < -0.39 is 11.6 Å². The molecule has 1 fully saturated rings. The molecule has 2 aliphatic rings. The van der Waals surface area contributed by atoms with Crippen molar-refractivity contribution in [2.45, 2.75) is 63.0 Å². The third-order valence-corrected chi connectivity index (χ3v) is 5.75. The second kappa shape index (κ2) is 7.42. The Kier molecular flexibility index (Phi) is 4.99. The van der Waals surface area contributed by atoms with E-state index in [1.165, 1.54) is 6.42 Å². The Hall–Kier alpha value is -2.22. The zero-order valence-electron chi connectivity index (χ0n) is 15.9. The molecule has 4 heteroatoms. The molecule has 0 bridgehead atoms. The molecule has 4 nitrogen and oxygen atoms in total. The van der Waals surface area contributed by atoms with Gasteiger partial charge >= 0.3 is 0 Å². The summed E-state index contributed by atoms with van der Waals surface area (Å²) in [7, 11) is 1.65. The van der Waals surface area contributed by atoms with Crippen LogP contribution in [0.15, 0.2) is 28.7 Å². The molecule has 2 aromatic rings. The third kappa shape index (κ3) is 3.63. The van der Waals surface area contributed by atoms with Crippen LogP contribution in [-0.4, -0.2) is 17.8 Å². The number of hydrogen-bond acceptors (Lipinski definition) is 4. The van der Waals surface area contributed by atoms with E-state index in [0.717, 1.165) is 73.1 Å². The van der Waals surface area contributed by atoms with Gasteiger partial charge in [0.2, 0.25) is 0 Å². The monoisotopic (exact) mass is 365 g/mol. The minimum atomic E-state index is -0.527. The standard InChI is InChI=1S/C23H27NO3/c1-26-17-8-5-7-16(15-17)22-18(11-14-23(24)12-3-2-4-13-23)21-19(25)9-6-10-20(21)27-22/h5,7-8,15,19,25H,2-4,6,9-10,12-13,24H2,1H3. The minimum Gasteiger partial charge on any atom is -0.497 e. The molecule has 0 amide bonds. The van der Waals surface area contributed by atoms with Crippen LogP contribution in [0.1, 0.15) is 67.9 Å². The average Bonchev–Trinajstić information content (AvgIpc) is 3.07. The van der Waals surface area contributed by atoms with Gasteiger partial charge in [-0.15, -0.1) is 0 Å². The Morgan fingerprint density at radius 1 is 1.22 bits per heavy atom. The minimum absolute atomic E-state index is 0.437. The molecule has 1 unspecified atom stereocenters. The summed E-state index contributed by atoms with van der Waals surface area (Å²) in [5, 5.41) is 10.6. The lowest BCUT2D eigenvalue weighted by atomic mass is 9.82. The van der Waals surface area contributed by atoms with E-state index in [2.05, 4.69) is 11.8 Å². The number of hydrogen-bond donors (Lipinski definition) is 2. The summed E-state index contributed by atoms with van der Waals surface area (Å²) in [4.78, 5) is 0. The lowest BCUT2D eigenvalue weighted by Crippen LogP contribution is -2.40. The van der Waals surface area contributed by atoms with Crippen molar-refractivity contribution in [2.24, 2.45) is 5.73 Å². The van der Waals surface area contributed by atoms with E-state index in [1.54, 1.807) is 7.11 Å². The molecule has 1 aromatic heterocycles. The number of nitrogens with two attached hydrogens (primary N) is 1. The fourth-order valence-electron chi connectivity index (χ4n) is 4.22. The lowest BCUT2D eigenvalue weighted by molar-refractivity contribution is 0.152. The third-order valence-electron chi connectivity index (χ3n) is 5.75. The molecule has 1 heterocycles. The Morgan fingerprint density at radius 2 is 2.04 bits per heavy atom. The highest BCUT2D eigenvalue weighted by molar-refractivity contribution is 5.70. The zero-order chi connectivity index (χ0) is 18.9. The van der Waals surface area contributed by atoms with Crippen molar-refractivity contribution < 1.29 is 14.3 Å². The molecule has 2 aliphatic carbocycles. The molecule has 27 heavy (non-hydrogen) atoms. The van der Waals surface area contributed by atoms with Gasteiger partial charge in [0.1, 0.15) is 17.3 Å². The van der Waals surface area contributed by atoms with Gasteiger partial charge in [-0.1, -0.05) is 43.2 Å². The van der Waals surface area contributed by atoms with Crippen LogP contribution in [-0.2, 0) is 6.42 Å². The zero-order valence-corrected chi connectivity index (χ0v) is 15.9. The molecule has 1 aromatic carbocycles. The van der Waals surface area contributed by atoms with Crippen LogP contribution in [0.4, 0.5) is 0 Å². The van der Waals surface area contributed by atoms with Crippen molar-refractivity contribution in [3.8, 4) is 28.9 Å². The van der Waals surface area contributed by atoms with Crippen LogP contribution >= 0.6 is 0 Å². The quantitative estimate of drug-likeness (QED) is 0.777. The van der Waals surface area contributed by atoms with E-state index >= 15 is 0 Å². The molecular formula is C23H27NO3. The van der Waals surface area contributed by atoms with Crippen molar-refractivity contribution in [3.05, 3.63) is 41.2 Å². The molecule has 0 aliphatic heterocycles. The first-order valence-corrected chi connectivity index (χ1v) is 9.90. The highest BCUT2D eigenvalue weighted by atomic mass is 16.5. The Bertz CT molecular complexity index is 881. The number of aryl methyl sites for hydroxylation is 1. The number of aliphatic hydroxyl groups is 1. The lowest BCUT2D eigenvalue weighted by Gasteiger charge is -2.27. The van der Waals surface area contributed by atoms with Crippen LogP contribution in [0, 0.1) is 11.8 Å². The van der Waals surface area contributed by atoms with Crippen molar-refractivity contribution in [2.75, 3.05) is 7.11 Å². The summed E-state index contributed by atoms with van der Waals surface area (Å²) in [6.45, 7) is 0. The van der Waals surface area contributed by atoms with Crippen molar-refractivity contribution in [1.82, 2.24) is 0 Å². The highest BCUT2D eigenvalue weighted by Crippen LogP contribution is 2.40. The molecule has 0 radical (unpaired) electrons. The Balaban J connectivity index is 1.82. The highest BCUT2D eigenvalue weighted by Gasteiger charge is 2.30. The van der Waals surface area contributed by atoms with E-state index in [1.807, 2.05) is 24.3 Å². The van der Waals surface area contributed by atoms with Crippen molar-refractivity contribution in [1.29, 1.82) is 0 Å². The molecule has 1 atom stereocenters. The predicted molar refractivity (Wildman–Crippen MR) is 105 cm³/mol. The van der Waals surface area contributed by atoms with Gasteiger partial charge < -0.3 is 20.0 Å². The van der Waals surface area contributed by atoms with Crippen LogP contribution in [0.5, 0.6) is 5.75 Å². The summed E-state index contributed by atoms with van der Waals surface area (Å²) in [5.74, 6) is 9.00. The largest absolute Gasteiger partial charge is 0.497 e. The number of ether oxygens (including phenoxy) is 1. The smallest absolute Gasteiger partial charge is 0.150 e. The van der Waals surface area contributed by atoms with Gasteiger partial charge in [0.25, 0.3) is 0 Å². The number of methoxy groups -OCH3 is 1. The van der Waals surface area contributed by atoms with Crippen LogP contribution in [0.2, 0.25) is 0 Å². The summed E-state index contributed by atoms with van der Waals surface area (Å²) in [5.41, 5.74) is 8.65. The summed E-state index contributed by atoms with van der Waals surface area (Å²) < 4.78 is 11.6. The van der Waals surface area contributed by atoms with E-state index in [9.17, 15) is 5.11 Å². The van der Waals surface area contributed by atoms with E-state index in [0.29, 0.717) is 5.76 Å². The van der Waals surface area contributed by atoms with E-state index in [4.69, 9.17) is 14.9 Å². The summed E-state index contributed by atoms with van der Waals surface area (Å²) in [6, 6.07) is 7.78. The normalized spacial score (nSPS) is 21.1. The maximum atomic E-state index is 10.6. The fraction of sp³-hybridized carbons (Fsp3) is 0.478. The second-order valence-electron chi connectivity index (χ2n) is 7.75. The molecule has 4 rings (SSSR count). The summed E-state index contributed by atoms with van der Waals surface area (Å²) >= 11 is 0. The van der Waals surface area contributed by atoms with Crippen molar-refractivity contribution in [3.63, 3.8) is 0 Å². The molecule has 0 spiro atoms. The van der Waals surface area contributed by atoms with Crippen molar-refractivity contribution >= 4 is 0 Å². The van der Waals surface area contributed by atoms with Crippen LogP contribution < -0.4 is 10.5 Å². The Labute approximate surface area is 160 Å². The SMILES string of the molecule is COc1cccc(-c2oc3c(c2C#CC2(N)CCCCC2)C(O)CCC3)c1. The van der Waals surface area contributed by atoms with Gasteiger partial charge in [0, 0.05) is 17.5 Å². The maximum Gasteiger partial charge on any atom is 0.150 e. The van der Waals surface area contributed by atoms with Crippen LogP contribution in [0.25, 0.3) is 11.3 Å². The van der Waals surface area contributed by atoms with E-state index in [-0.39, 0.29) is 0 Å². The number of fused-ring (bicyclic) bond motifs is 1. The van der Waals surface area contributed by atoms with Gasteiger partial charge in [-0.2, -0.15) is 0 Å². The molecule has 142 valence electrons. The fourth-order valence-corrected chi connectivity index (χ4v) is 4.22. The second-order valence-corrected chi connectivity index (χ2v) is 7.75. The summed E-state index contributed by atoms with van der Waals surface area (Å²) in [6.07, 6.45) is 7.31. The predicted octanol–water partition coefficient (Wildman–Crippen LogP) is 4.34. The molecular weight excluding hydrogens is 338 g/mol. The first-order chi connectivity index (χ1) is 13.1. The van der Waals surface area contributed by atoms with Gasteiger partial charge in [-0.3, -0.25) is 0 Å². The first kappa shape index (κ1) is 18.2. The van der Waals surface area contributed by atoms with Gasteiger partial charge in [-0.25, -0.2) is 0 Å². The number of benzene rings is 1. The average molecular weight is 365 g/mol. The Morgan fingerprint density at radius 3 is 2.81 bits per heavy atom. The molecule has 3 N–H and O–H groups in total. The van der Waals surface area contributed by atoms with Gasteiger partial charge in [0.15, 0.2) is 0 Å². The molecule has 0 saturated heterocycles. The number of furan rings is 1. The van der Waals surface area contributed by atoms with Gasteiger partial charge in [-0.05, 0) is 37.8 Å². The van der Waals surface area contributed by atoms with Crippen LogP contribution in [0.3, 0.4) is 0 Å². The number of aliphatic hydroxyl groups excluding tert-OH is 1. The molecule has 1 saturated carbocycles. The first-order valence-electron chi connectivity index (χ1n) is 9.90.